The standard InChI is InChI=1S/C24BF20.C15H25N/c26-5-1(6(27)14(35)21(42)13(5)34)25(2-7(28)15(36)22(43)16(37)8(2)29,3-9(30)17(38)23(44)18(39)10(3)31)4-11(32)19(40)24(45)20(41)12(4)33;1-3-4-5-6-7-11-14-16(2)15-12-9-8-10-13-15/h;8-10,12-13H,3-7,11,14H2,1-2H3/q-1;/p+1. The molecule has 0 heterocycles. The minimum atomic E-state index is -7.22. The number of quaternary nitrogens is 1. The van der Waals surface area contributed by atoms with Gasteiger partial charge in [-0.15, -0.1) is 21.9 Å². The molecule has 1 nitrogen and oxygen atoms in total. The summed E-state index contributed by atoms with van der Waals surface area (Å²) in [6.07, 6.45) is 1.10. The zero-order valence-corrected chi connectivity index (χ0v) is 31.0. The number of halogens is 20. The Balaban J connectivity index is 0.000000430. The number of nitrogens with one attached hydrogen (secondary N) is 1. The molecule has 0 fully saturated rings. The molecule has 0 saturated heterocycles. The lowest BCUT2D eigenvalue weighted by molar-refractivity contribution is -0.810. The molecule has 1 N–H and O–H groups in total. The van der Waals surface area contributed by atoms with Crippen LogP contribution >= 0.6 is 0 Å². The molecule has 330 valence electrons. The number of hydrogen-bond donors (Lipinski definition) is 1. The molecule has 0 bridgehead atoms. The maximum Gasteiger partial charge on any atom is 0.200 e. The fraction of sp³-hybridized carbons (Fsp3) is 0.231. The van der Waals surface area contributed by atoms with E-state index in [2.05, 4.69) is 44.3 Å². The predicted molar refractivity (Wildman–Crippen MR) is 180 cm³/mol. The molecule has 5 aromatic rings. The Morgan fingerprint density at radius 2 is 0.557 bits per heavy atom. The van der Waals surface area contributed by atoms with Crippen LogP contribution in [0.4, 0.5) is 93.5 Å². The summed E-state index contributed by atoms with van der Waals surface area (Å²) >= 11 is 0. The minimum absolute atomic E-state index is 1.26. The van der Waals surface area contributed by atoms with Gasteiger partial charge >= 0.3 is 0 Å². The first-order valence-corrected chi connectivity index (χ1v) is 17.7. The largest absolute Gasteiger partial charge is 0.305 e. The van der Waals surface area contributed by atoms with Crippen LogP contribution < -0.4 is 26.8 Å². The van der Waals surface area contributed by atoms with Gasteiger partial charge in [-0.25, -0.2) is 87.8 Å². The van der Waals surface area contributed by atoms with Crippen molar-refractivity contribution in [3.05, 3.63) is 147 Å². The van der Waals surface area contributed by atoms with E-state index < -0.39 is 144 Å². The second-order valence-electron chi connectivity index (χ2n) is 13.5. The molecule has 0 amide bonds. The maximum absolute atomic E-state index is 15.4. The molecule has 0 aliphatic rings. The van der Waals surface area contributed by atoms with Gasteiger partial charge in [0.1, 0.15) is 58.4 Å². The highest BCUT2D eigenvalue weighted by atomic mass is 19.2. The van der Waals surface area contributed by atoms with Crippen LogP contribution in [0.2, 0.25) is 0 Å². The summed E-state index contributed by atoms with van der Waals surface area (Å²) in [5.41, 5.74) is -12.9. The van der Waals surface area contributed by atoms with Gasteiger partial charge in [-0.05, 0) is 25.0 Å². The Labute approximate surface area is 332 Å². The summed E-state index contributed by atoms with van der Waals surface area (Å²) in [6, 6.07) is 10.8. The third-order valence-corrected chi connectivity index (χ3v) is 9.88. The monoisotopic (exact) mass is 899 g/mol. The average Bonchev–Trinajstić information content (AvgIpc) is 3.25. The minimum Gasteiger partial charge on any atom is -0.305 e. The van der Waals surface area contributed by atoms with Gasteiger partial charge in [-0.1, -0.05) is 50.8 Å². The van der Waals surface area contributed by atoms with E-state index in [-0.39, 0.29) is 0 Å². The summed E-state index contributed by atoms with van der Waals surface area (Å²) in [4.78, 5) is 1.54. The van der Waals surface area contributed by atoms with Crippen LogP contribution in [0.15, 0.2) is 30.3 Å². The third-order valence-electron chi connectivity index (χ3n) is 9.88. The van der Waals surface area contributed by atoms with Crippen molar-refractivity contribution in [1.29, 1.82) is 0 Å². The van der Waals surface area contributed by atoms with Crippen LogP contribution in [-0.4, -0.2) is 19.7 Å². The molecule has 0 aliphatic carbocycles. The molecule has 22 heteroatoms. The molecule has 61 heavy (non-hydrogen) atoms. The molecule has 0 saturated carbocycles. The van der Waals surface area contributed by atoms with Gasteiger partial charge in [-0.3, -0.25) is 0 Å². The zero-order chi connectivity index (χ0) is 46.0. The fourth-order valence-corrected chi connectivity index (χ4v) is 6.91. The lowest BCUT2D eigenvalue weighted by atomic mass is 9.12. The smallest absolute Gasteiger partial charge is 0.200 e. The van der Waals surface area contributed by atoms with Crippen molar-refractivity contribution >= 4 is 33.7 Å². The van der Waals surface area contributed by atoms with Crippen LogP contribution in [0, 0.1) is 116 Å². The summed E-state index contributed by atoms with van der Waals surface area (Å²) in [6.45, 7) is 3.53. The molecular formula is C39H26BF20N. The third kappa shape index (κ3) is 8.38. The molecule has 0 spiro atoms. The van der Waals surface area contributed by atoms with Gasteiger partial charge in [0.05, 0.1) is 13.6 Å². The number of hydrogen-bond acceptors (Lipinski definition) is 0. The first-order valence-electron chi connectivity index (χ1n) is 17.7. The lowest BCUT2D eigenvalue weighted by Gasteiger charge is -2.44. The van der Waals surface area contributed by atoms with Gasteiger partial charge in [0.15, 0.2) is 69.8 Å². The second-order valence-corrected chi connectivity index (χ2v) is 13.5. The lowest BCUT2D eigenvalue weighted by Crippen LogP contribution is -3.03. The number of para-hydroxylation sites is 1. The van der Waals surface area contributed by atoms with Gasteiger partial charge in [0.25, 0.3) is 0 Å². The highest BCUT2D eigenvalue weighted by molar-refractivity contribution is 7.20. The molecule has 0 radical (unpaired) electrons. The Kier molecular flexibility index (Phi) is 15.2. The van der Waals surface area contributed by atoms with Crippen LogP contribution in [0.25, 0.3) is 0 Å². The number of rotatable bonds is 12. The molecule has 5 rings (SSSR count). The summed E-state index contributed by atoms with van der Waals surface area (Å²) in [7, 11) is 2.27. The number of unbranched alkanes of at least 4 members (excludes halogenated alkanes) is 5. The first-order chi connectivity index (χ1) is 28.5. The van der Waals surface area contributed by atoms with Crippen molar-refractivity contribution in [3.63, 3.8) is 0 Å². The average molecular weight is 899 g/mol. The van der Waals surface area contributed by atoms with E-state index in [9.17, 15) is 52.7 Å². The van der Waals surface area contributed by atoms with E-state index >= 15 is 35.1 Å². The Bertz CT molecular complexity index is 2060. The SMILES string of the molecule is CCCCCCCC[NH+](C)c1ccccc1.Fc1c(F)c(F)c([B-](c2c(F)c(F)c(F)c(F)c2F)(c2c(F)c(F)c(F)c(F)c2F)c2c(F)c(F)c(F)c(F)c2F)c(F)c1F. The topological polar surface area (TPSA) is 4.44 Å². The molecule has 0 aromatic heterocycles. The van der Waals surface area contributed by atoms with E-state index in [1.54, 1.807) is 0 Å². The van der Waals surface area contributed by atoms with Gasteiger partial charge < -0.3 is 4.90 Å². The van der Waals surface area contributed by atoms with Crippen LogP contribution in [0.3, 0.4) is 0 Å². The molecule has 1 unspecified atom stereocenters. The van der Waals surface area contributed by atoms with Crippen LogP contribution in [-0.2, 0) is 0 Å². The van der Waals surface area contributed by atoms with Crippen molar-refractivity contribution in [2.24, 2.45) is 0 Å². The van der Waals surface area contributed by atoms with Crippen LogP contribution in [0.5, 0.6) is 0 Å². The molecule has 5 aromatic carbocycles. The first kappa shape index (κ1) is 48.4. The van der Waals surface area contributed by atoms with Crippen molar-refractivity contribution < 1.29 is 92.7 Å². The van der Waals surface area contributed by atoms with E-state index in [0.717, 1.165) is 0 Å². The molecule has 1 atom stereocenters. The van der Waals surface area contributed by atoms with Crippen molar-refractivity contribution in [2.75, 3.05) is 13.6 Å². The predicted octanol–water partition coefficient (Wildman–Crippen LogP) is 9.04. The summed E-state index contributed by atoms with van der Waals surface area (Å²) in [5.74, 6) is -71.4. The van der Waals surface area contributed by atoms with E-state index in [1.807, 2.05) is 0 Å². The summed E-state index contributed by atoms with van der Waals surface area (Å²) < 4.78 is 294. The Morgan fingerprint density at radius 3 is 0.820 bits per heavy atom. The van der Waals surface area contributed by atoms with Gasteiger partial charge in [0.2, 0.25) is 0 Å². The van der Waals surface area contributed by atoms with E-state index in [4.69, 9.17) is 0 Å². The zero-order valence-electron chi connectivity index (χ0n) is 31.0. The summed E-state index contributed by atoms with van der Waals surface area (Å²) in [5, 5.41) is 0. The quantitative estimate of drug-likeness (QED) is 0.0420. The van der Waals surface area contributed by atoms with Crippen LogP contribution in [0.1, 0.15) is 45.4 Å². The second kappa shape index (κ2) is 19.2. The molecule has 0 aliphatic heterocycles. The van der Waals surface area contributed by atoms with Crippen molar-refractivity contribution in [2.45, 2.75) is 45.4 Å². The highest BCUT2D eigenvalue weighted by Gasteiger charge is 2.52. The van der Waals surface area contributed by atoms with Gasteiger partial charge in [0, 0.05) is 0 Å². The normalized spacial score (nSPS) is 12.2. The van der Waals surface area contributed by atoms with Crippen molar-refractivity contribution in [3.8, 4) is 0 Å². The van der Waals surface area contributed by atoms with E-state index in [0.29, 0.717) is 0 Å². The highest BCUT2D eigenvalue weighted by Crippen LogP contribution is 2.30. The van der Waals surface area contributed by atoms with Crippen molar-refractivity contribution in [1.82, 2.24) is 0 Å². The maximum atomic E-state index is 15.4. The van der Waals surface area contributed by atoms with E-state index in [1.165, 1.54) is 55.7 Å². The fourth-order valence-electron chi connectivity index (χ4n) is 6.91. The Morgan fingerprint density at radius 1 is 0.328 bits per heavy atom. The number of benzene rings is 5. The molecular weight excluding hydrogens is 873 g/mol. The Hall–Kier alpha value is -5.28. The van der Waals surface area contributed by atoms with Gasteiger partial charge in [-0.2, -0.15) is 0 Å².